The SMILES string of the molecule is O=C(O)CC[C@H](NCCO)C(=O)O. The number of rotatable bonds is 7. The topological polar surface area (TPSA) is 107 Å². The average molecular weight is 191 g/mol. The first-order chi connectivity index (χ1) is 6.07. The molecule has 0 unspecified atom stereocenters. The maximum atomic E-state index is 10.5. The van der Waals surface area contributed by atoms with Crippen LogP contribution in [0.4, 0.5) is 0 Å². The summed E-state index contributed by atoms with van der Waals surface area (Å²) in [5, 5.41) is 27.8. The van der Waals surface area contributed by atoms with Crippen molar-refractivity contribution in [3.8, 4) is 0 Å². The maximum absolute atomic E-state index is 10.5. The van der Waals surface area contributed by atoms with Crippen LogP contribution in [-0.4, -0.2) is 46.5 Å². The number of carboxylic acid groups (broad SMARTS) is 2. The second-order valence-electron chi connectivity index (χ2n) is 2.50. The molecule has 0 aliphatic carbocycles. The molecular formula is C7H13NO5. The Morgan fingerprint density at radius 2 is 1.92 bits per heavy atom. The van der Waals surface area contributed by atoms with E-state index < -0.39 is 18.0 Å². The molecule has 0 radical (unpaired) electrons. The Balaban J connectivity index is 3.80. The van der Waals surface area contributed by atoms with Gasteiger partial charge in [0.25, 0.3) is 0 Å². The minimum absolute atomic E-state index is 0.0185. The standard InChI is InChI=1S/C7H13NO5/c9-4-3-8-5(7(12)13)1-2-6(10)11/h5,8-9H,1-4H2,(H,10,11)(H,12,13)/t5-/m0/s1. The van der Waals surface area contributed by atoms with Crippen molar-refractivity contribution in [3.05, 3.63) is 0 Å². The lowest BCUT2D eigenvalue weighted by molar-refractivity contribution is -0.140. The zero-order chi connectivity index (χ0) is 10.3. The highest BCUT2D eigenvalue weighted by Gasteiger charge is 2.16. The third-order valence-corrected chi connectivity index (χ3v) is 1.45. The molecule has 0 fully saturated rings. The quantitative estimate of drug-likeness (QED) is 0.406. The number of aliphatic carboxylic acids is 2. The first kappa shape index (κ1) is 11.9. The fourth-order valence-electron chi connectivity index (χ4n) is 0.819. The smallest absolute Gasteiger partial charge is 0.320 e. The van der Waals surface area contributed by atoms with Crippen LogP contribution in [0.1, 0.15) is 12.8 Å². The molecule has 0 rings (SSSR count). The second kappa shape index (κ2) is 6.38. The predicted molar refractivity (Wildman–Crippen MR) is 43.4 cm³/mol. The van der Waals surface area contributed by atoms with Gasteiger partial charge in [0, 0.05) is 13.0 Å². The molecule has 0 aromatic rings. The van der Waals surface area contributed by atoms with E-state index in [2.05, 4.69) is 5.32 Å². The van der Waals surface area contributed by atoms with Crippen LogP contribution in [0, 0.1) is 0 Å². The Morgan fingerprint density at radius 1 is 1.31 bits per heavy atom. The summed E-state index contributed by atoms with van der Waals surface area (Å²) >= 11 is 0. The van der Waals surface area contributed by atoms with E-state index in [-0.39, 0.29) is 26.0 Å². The van der Waals surface area contributed by atoms with Crippen molar-refractivity contribution in [2.75, 3.05) is 13.2 Å². The van der Waals surface area contributed by atoms with E-state index in [4.69, 9.17) is 15.3 Å². The Hall–Kier alpha value is -1.14. The van der Waals surface area contributed by atoms with Crippen LogP contribution in [0.3, 0.4) is 0 Å². The van der Waals surface area contributed by atoms with Gasteiger partial charge in [0.15, 0.2) is 0 Å². The largest absolute Gasteiger partial charge is 0.481 e. The Labute approximate surface area is 75.2 Å². The van der Waals surface area contributed by atoms with Gasteiger partial charge in [-0.1, -0.05) is 0 Å². The van der Waals surface area contributed by atoms with Gasteiger partial charge < -0.3 is 20.6 Å². The summed E-state index contributed by atoms with van der Waals surface area (Å²) in [6, 6.07) is -0.900. The fourth-order valence-corrected chi connectivity index (χ4v) is 0.819. The molecular weight excluding hydrogens is 178 g/mol. The number of carbonyl (C=O) groups is 2. The highest BCUT2D eigenvalue weighted by atomic mass is 16.4. The molecule has 6 nitrogen and oxygen atoms in total. The predicted octanol–water partition coefficient (Wildman–Crippen LogP) is -1.11. The van der Waals surface area contributed by atoms with Crippen molar-refractivity contribution < 1.29 is 24.9 Å². The molecule has 0 amide bonds. The molecule has 0 aliphatic rings. The summed E-state index contributed by atoms with van der Waals surface area (Å²) in [7, 11) is 0. The van der Waals surface area contributed by atoms with Crippen LogP contribution >= 0.6 is 0 Å². The number of aliphatic hydroxyl groups excluding tert-OH is 1. The minimum atomic E-state index is -1.10. The van der Waals surface area contributed by atoms with Gasteiger partial charge >= 0.3 is 11.9 Å². The lowest BCUT2D eigenvalue weighted by Gasteiger charge is -2.11. The molecule has 6 heteroatoms. The van der Waals surface area contributed by atoms with Crippen LogP contribution in [-0.2, 0) is 9.59 Å². The van der Waals surface area contributed by atoms with Crippen molar-refractivity contribution in [3.63, 3.8) is 0 Å². The first-order valence-corrected chi connectivity index (χ1v) is 3.86. The molecule has 0 aromatic carbocycles. The molecule has 0 heterocycles. The molecule has 4 N–H and O–H groups in total. The van der Waals surface area contributed by atoms with Crippen molar-refractivity contribution in [1.29, 1.82) is 0 Å². The Kier molecular flexibility index (Phi) is 5.82. The summed E-state index contributed by atoms with van der Waals surface area (Å²) < 4.78 is 0. The van der Waals surface area contributed by atoms with Gasteiger partial charge in [-0.2, -0.15) is 0 Å². The van der Waals surface area contributed by atoms with Crippen LogP contribution in [0.25, 0.3) is 0 Å². The molecule has 0 bridgehead atoms. The van der Waals surface area contributed by atoms with E-state index in [0.29, 0.717) is 0 Å². The van der Waals surface area contributed by atoms with E-state index in [1.54, 1.807) is 0 Å². The molecule has 76 valence electrons. The van der Waals surface area contributed by atoms with Gasteiger partial charge in [-0.25, -0.2) is 0 Å². The summed E-state index contributed by atoms with van der Waals surface area (Å²) in [4.78, 5) is 20.6. The van der Waals surface area contributed by atoms with Crippen molar-refractivity contribution in [1.82, 2.24) is 5.32 Å². The summed E-state index contributed by atoms with van der Waals surface area (Å²) in [5.41, 5.74) is 0. The van der Waals surface area contributed by atoms with Crippen molar-refractivity contribution >= 4 is 11.9 Å². The van der Waals surface area contributed by atoms with Gasteiger partial charge in [-0.05, 0) is 6.42 Å². The molecule has 1 atom stereocenters. The highest BCUT2D eigenvalue weighted by molar-refractivity contribution is 5.75. The summed E-state index contributed by atoms with van der Waals surface area (Å²) in [5.74, 6) is -2.13. The normalized spacial score (nSPS) is 12.4. The van der Waals surface area contributed by atoms with Crippen LogP contribution in [0.5, 0.6) is 0 Å². The van der Waals surface area contributed by atoms with Crippen molar-refractivity contribution in [2.45, 2.75) is 18.9 Å². The van der Waals surface area contributed by atoms with Crippen LogP contribution in [0.15, 0.2) is 0 Å². The maximum Gasteiger partial charge on any atom is 0.320 e. The third-order valence-electron chi connectivity index (χ3n) is 1.45. The lowest BCUT2D eigenvalue weighted by Crippen LogP contribution is -2.38. The Morgan fingerprint density at radius 3 is 2.31 bits per heavy atom. The number of carboxylic acids is 2. The number of aliphatic hydroxyl groups is 1. The fraction of sp³-hybridized carbons (Fsp3) is 0.714. The molecule has 0 spiro atoms. The van der Waals surface area contributed by atoms with E-state index in [1.807, 2.05) is 0 Å². The minimum Gasteiger partial charge on any atom is -0.481 e. The number of hydrogen-bond acceptors (Lipinski definition) is 4. The van der Waals surface area contributed by atoms with E-state index in [9.17, 15) is 9.59 Å². The van der Waals surface area contributed by atoms with Gasteiger partial charge in [0.1, 0.15) is 6.04 Å². The summed E-state index contributed by atoms with van der Waals surface area (Å²) in [6.07, 6.45) is -0.180. The van der Waals surface area contributed by atoms with Gasteiger partial charge in [-0.15, -0.1) is 0 Å². The molecule has 0 aliphatic heterocycles. The molecule has 0 saturated heterocycles. The number of nitrogens with one attached hydrogen (secondary N) is 1. The zero-order valence-corrected chi connectivity index (χ0v) is 7.06. The third kappa shape index (κ3) is 6.06. The second-order valence-corrected chi connectivity index (χ2v) is 2.50. The van der Waals surface area contributed by atoms with Gasteiger partial charge in [0.2, 0.25) is 0 Å². The zero-order valence-electron chi connectivity index (χ0n) is 7.06. The summed E-state index contributed by atoms with van der Waals surface area (Å²) in [6.45, 7) is -0.0204. The van der Waals surface area contributed by atoms with E-state index in [0.717, 1.165) is 0 Å². The Bertz CT molecular complexity index is 182. The average Bonchev–Trinajstić information content (AvgIpc) is 2.03. The van der Waals surface area contributed by atoms with E-state index in [1.165, 1.54) is 0 Å². The van der Waals surface area contributed by atoms with E-state index >= 15 is 0 Å². The molecule has 0 aromatic heterocycles. The van der Waals surface area contributed by atoms with Crippen molar-refractivity contribution in [2.24, 2.45) is 0 Å². The van der Waals surface area contributed by atoms with Gasteiger partial charge in [-0.3, -0.25) is 9.59 Å². The highest BCUT2D eigenvalue weighted by Crippen LogP contribution is 1.97. The van der Waals surface area contributed by atoms with Gasteiger partial charge in [0.05, 0.1) is 6.61 Å². The first-order valence-electron chi connectivity index (χ1n) is 3.86. The lowest BCUT2D eigenvalue weighted by atomic mass is 10.1. The molecule has 0 saturated carbocycles. The van der Waals surface area contributed by atoms with Crippen LogP contribution in [0.2, 0.25) is 0 Å². The van der Waals surface area contributed by atoms with Crippen LogP contribution < -0.4 is 5.32 Å². The number of hydrogen-bond donors (Lipinski definition) is 4. The monoisotopic (exact) mass is 191 g/mol. The molecule has 13 heavy (non-hydrogen) atoms.